The Kier molecular flexibility index (Phi) is 6.61. The minimum Gasteiger partial charge on any atom is -0.354 e. The van der Waals surface area contributed by atoms with E-state index >= 15 is 0 Å². The molecule has 0 aromatic heterocycles. The highest BCUT2D eigenvalue weighted by molar-refractivity contribution is 9.10. The van der Waals surface area contributed by atoms with Crippen LogP contribution >= 0.6 is 27.5 Å². The summed E-state index contributed by atoms with van der Waals surface area (Å²) in [5.41, 5.74) is 2.25. The van der Waals surface area contributed by atoms with Crippen LogP contribution < -0.4 is 10.6 Å². The molecule has 1 aliphatic rings. The molecule has 29 heavy (non-hydrogen) atoms. The number of aliphatic imine (C=N–C) groups is 1. The average molecular weight is 475 g/mol. The van der Waals surface area contributed by atoms with Crippen LogP contribution in [-0.4, -0.2) is 30.9 Å². The summed E-state index contributed by atoms with van der Waals surface area (Å²) in [7, 11) is 1.49. The fraction of sp³-hybridized carbons (Fsp3) is 0.143. The molecule has 0 unspecified atom stereocenters. The summed E-state index contributed by atoms with van der Waals surface area (Å²) in [4.78, 5) is 40.7. The smallest absolute Gasteiger partial charge is 0.270 e. The molecule has 0 aliphatic carbocycles. The van der Waals surface area contributed by atoms with Gasteiger partial charge in [0.1, 0.15) is 5.70 Å². The first-order valence-electron chi connectivity index (χ1n) is 8.75. The third-order valence-electron chi connectivity index (χ3n) is 4.33. The van der Waals surface area contributed by atoms with Gasteiger partial charge in [0.15, 0.2) is 5.78 Å². The molecule has 2 aromatic carbocycles. The van der Waals surface area contributed by atoms with Crippen molar-refractivity contribution in [2.24, 2.45) is 4.99 Å². The van der Waals surface area contributed by atoms with Gasteiger partial charge in [-0.1, -0.05) is 39.7 Å². The van der Waals surface area contributed by atoms with Crippen LogP contribution in [-0.2, 0) is 16.0 Å². The third-order valence-corrected chi connectivity index (χ3v) is 5.13. The zero-order valence-electron chi connectivity index (χ0n) is 15.5. The molecule has 0 saturated heterocycles. The van der Waals surface area contributed by atoms with Crippen LogP contribution in [0.5, 0.6) is 0 Å². The number of carbonyl (C=O) groups excluding carboxylic acids is 3. The lowest BCUT2D eigenvalue weighted by atomic mass is 10.0. The number of amides is 2. The molecule has 3 rings (SSSR count). The topological polar surface area (TPSA) is 87.6 Å². The average Bonchev–Trinajstić information content (AvgIpc) is 3.19. The first kappa shape index (κ1) is 21.0. The van der Waals surface area contributed by atoms with Crippen molar-refractivity contribution < 1.29 is 14.4 Å². The normalized spacial score (nSPS) is 12.8. The first-order valence-corrected chi connectivity index (χ1v) is 9.92. The van der Waals surface area contributed by atoms with E-state index in [4.69, 9.17) is 11.6 Å². The van der Waals surface area contributed by atoms with Gasteiger partial charge >= 0.3 is 0 Å². The zero-order valence-corrected chi connectivity index (χ0v) is 17.8. The quantitative estimate of drug-likeness (QED) is 0.622. The van der Waals surface area contributed by atoms with Crippen molar-refractivity contribution in [1.82, 2.24) is 5.32 Å². The molecular weight excluding hydrogens is 458 g/mol. The Bertz CT molecular complexity index is 1050. The van der Waals surface area contributed by atoms with E-state index in [0.717, 1.165) is 10.0 Å². The van der Waals surface area contributed by atoms with Gasteiger partial charge in [0.25, 0.3) is 11.8 Å². The molecule has 0 atom stereocenters. The monoisotopic (exact) mass is 473 g/mol. The van der Waals surface area contributed by atoms with E-state index in [-0.39, 0.29) is 23.8 Å². The Morgan fingerprint density at radius 2 is 1.83 bits per heavy atom. The Labute approximate surface area is 181 Å². The molecule has 0 bridgehead atoms. The fourth-order valence-corrected chi connectivity index (χ4v) is 3.60. The molecule has 1 heterocycles. The van der Waals surface area contributed by atoms with Gasteiger partial charge in [0, 0.05) is 41.8 Å². The maximum absolute atomic E-state index is 12.5. The highest BCUT2D eigenvalue weighted by atomic mass is 79.9. The van der Waals surface area contributed by atoms with Gasteiger partial charge in [-0.05, 0) is 35.9 Å². The SMILES string of the molecule is CNC(=O)C1=C(C(=O)Nc2ccc(CC(=O)c3ccc(Br)cc3Cl)cc2)CC=N1. The summed E-state index contributed by atoms with van der Waals surface area (Å²) in [5, 5.41) is 5.62. The number of hydrogen-bond acceptors (Lipinski definition) is 4. The predicted octanol–water partition coefficient (Wildman–Crippen LogP) is 3.94. The lowest BCUT2D eigenvalue weighted by Gasteiger charge is -2.09. The van der Waals surface area contributed by atoms with Crippen LogP contribution in [0.3, 0.4) is 0 Å². The first-order chi connectivity index (χ1) is 13.9. The molecule has 0 spiro atoms. The van der Waals surface area contributed by atoms with Crippen LogP contribution in [0, 0.1) is 0 Å². The third kappa shape index (κ3) is 4.99. The summed E-state index contributed by atoms with van der Waals surface area (Å²) in [6.45, 7) is 0. The van der Waals surface area contributed by atoms with Gasteiger partial charge < -0.3 is 10.6 Å². The standard InChI is InChI=1S/C21H17BrClN3O3/c1-24-21(29)19-16(8-9-25-19)20(28)26-14-5-2-12(3-6-14)10-18(27)15-7-4-13(22)11-17(15)23/h2-7,9,11H,8,10H2,1H3,(H,24,29)(H,26,28). The minimum atomic E-state index is -0.399. The largest absolute Gasteiger partial charge is 0.354 e. The van der Waals surface area contributed by atoms with E-state index in [1.54, 1.807) is 42.5 Å². The molecule has 2 aromatic rings. The van der Waals surface area contributed by atoms with Gasteiger partial charge in [0.2, 0.25) is 0 Å². The fourth-order valence-electron chi connectivity index (χ4n) is 2.83. The van der Waals surface area contributed by atoms with Crippen molar-refractivity contribution in [3.8, 4) is 0 Å². The number of nitrogens with zero attached hydrogens (tertiary/aromatic N) is 1. The van der Waals surface area contributed by atoms with Crippen molar-refractivity contribution in [3.63, 3.8) is 0 Å². The van der Waals surface area contributed by atoms with E-state index in [2.05, 4.69) is 31.6 Å². The van der Waals surface area contributed by atoms with Crippen LogP contribution in [0.2, 0.25) is 5.02 Å². The maximum Gasteiger partial charge on any atom is 0.270 e. The summed E-state index contributed by atoms with van der Waals surface area (Å²) < 4.78 is 0.807. The number of anilines is 1. The number of nitrogens with one attached hydrogen (secondary N) is 2. The van der Waals surface area contributed by atoms with Gasteiger partial charge in [-0.25, -0.2) is 0 Å². The van der Waals surface area contributed by atoms with Crippen LogP contribution in [0.1, 0.15) is 22.3 Å². The predicted molar refractivity (Wildman–Crippen MR) is 116 cm³/mol. The minimum absolute atomic E-state index is 0.0947. The number of hydrogen-bond donors (Lipinski definition) is 2. The summed E-state index contributed by atoms with van der Waals surface area (Å²) in [6.07, 6.45) is 2.02. The number of rotatable bonds is 6. The lowest BCUT2D eigenvalue weighted by molar-refractivity contribution is -0.118. The summed E-state index contributed by atoms with van der Waals surface area (Å²) in [6, 6.07) is 12.1. The molecule has 2 N–H and O–H groups in total. The van der Waals surface area contributed by atoms with E-state index in [0.29, 0.717) is 28.3 Å². The van der Waals surface area contributed by atoms with Crippen molar-refractivity contribution in [2.45, 2.75) is 12.8 Å². The number of halogens is 2. The van der Waals surface area contributed by atoms with E-state index < -0.39 is 5.91 Å². The Morgan fingerprint density at radius 3 is 2.48 bits per heavy atom. The van der Waals surface area contributed by atoms with Crippen molar-refractivity contribution in [3.05, 3.63) is 74.4 Å². The lowest BCUT2D eigenvalue weighted by Crippen LogP contribution is -2.23. The number of ketones is 1. The van der Waals surface area contributed by atoms with Crippen molar-refractivity contribution in [1.29, 1.82) is 0 Å². The zero-order chi connectivity index (χ0) is 21.0. The second kappa shape index (κ2) is 9.15. The Hall–Kier alpha value is -2.77. The van der Waals surface area contributed by atoms with Crippen molar-refractivity contribution in [2.75, 3.05) is 12.4 Å². The summed E-state index contributed by atoms with van der Waals surface area (Å²) >= 11 is 9.45. The van der Waals surface area contributed by atoms with Crippen LogP contribution in [0.15, 0.2) is 63.2 Å². The van der Waals surface area contributed by atoms with E-state index in [1.165, 1.54) is 13.3 Å². The van der Waals surface area contributed by atoms with E-state index in [9.17, 15) is 14.4 Å². The molecule has 1 aliphatic heterocycles. The van der Waals surface area contributed by atoms with E-state index in [1.807, 2.05) is 0 Å². The Balaban J connectivity index is 1.67. The molecule has 0 saturated carbocycles. The molecular formula is C21H17BrClN3O3. The highest BCUT2D eigenvalue weighted by Gasteiger charge is 2.23. The molecule has 0 fully saturated rings. The molecule has 2 amide bonds. The molecule has 6 nitrogen and oxygen atoms in total. The highest BCUT2D eigenvalue weighted by Crippen LogP contribution is 2.23. The Morgan fingerprint density at radius 1 is 1.10 bits per heavy atom. The second-order valence-corrected chi connectivity index (χ2v) is 7.62. The number of carbonyl (C=O) groups is 3. The molecule has 0 radical (unpaired) electrons. The second-order valence-electron chi connectivity index (χ2n) is 6.30. The van der Waals surface area contributed by atoms with Gasteiger partial charge in [-0.2, -0.15) is 0 Å². The molecule has 148 valence electrons. The molecule has 8 heteroatoms. The summed E-state index contributed by atoms with van der Waals surface area (Å²) in [5.74, 6) is -0.876. The van der Waals surface area contributed by atoms with Crippen LogP contribution in [0.4, 0.5) is 5.69 Å². The van der Waals surface area contributed by atoms with Crippen LogP contribution in [0.25, 0.3) is 0 Å². The maximum atomic E-state index is 12.5. The van der Waals surface area contributed by atoms with Gasteiger partial charge in [0.05, 0.1) is 10.6 Å². The van der Waals surface area contributed by atoms with Gasteiger partial charge in [-0.3, -0.25) is 19.4 Å². The van der Waals surface area contributed by atoms with Gasteiger partial charge in [-0.15, -0.1) is 0 Å². The van der Waals surface area contributed by atoms with Crippen molar-refractivity contribution >= 4 is 57.0 Å². The number of benzene rings is 2. The number of likely N-dealkylation sites (N-methyl/N-ethyl adjacent to an activating group) is 1. The number of Topliss-reactive ketones (excluding diaryl/α,β-unsaturated/α-hetero) is 1.